The highest BCUT2D eigenvalue weighted by Crippen LogP contribution is 2.25. The predicted octanol–water partition coefficient (Wildman–Crippen LogP) is 4.26. The van der Waals surface area contributed by atoms with Crippen LogP contribution < -0.4 is 0 Å². The van der Waals surface area contributed by atoms with Gasteiger partial charge in [0, 0.05) is 5.56 Å². The van der Waals surface area contributed by atoms with Crippen LogP contribution in [0.2, 0.25) is 0 Å². The first-order valence-corrected chi connectivity index (χ1v) is 6.08. The lowest BCUT2D eigenvalue weighted by Gasteiger charge is -2.12. The maximum atomic E-state index is 11.7. The number of benzene rings is 1. The summed E-state index contributed by atoms with van der Waals surface area (Å²) >= 11 is 11.5. The molecule has 88 valence electrons. The maximum absolute atomic E-state index is 11.7. The number of hydrogen-bond donors (Lipinski definition) is 0. The second-order valence-corrected chi connectivity index (χ2v) is 6.22. The molecule has 1 rings (SSSR count). The van der Waals surface area contributed by atoms with Crippen LogP contribution >= 0.6 is 23.2 Å². The zero-order chi connectivity index (χ0) is 12.3. The molecular weight excluding hydrogens is 243 g/mol. The number of Topliss-reactive ketones (excluding diaryl/α,β-unsaturated/α-hetero) is 1. The third-order valence-corrected chi connectivity index (χ3v) is 2.60. The molecule has 0 aromatic heterocycles. The van der Waals surface area contributed by atoms with E-state index < -0.39 is 4.33 Å². The van der Waals surface area contributed by atoms with Crippen molar-refractivity contribution in [2.45, 2.75) is 31.5 Å². The Balaban J connectivity index is 2.83. The van der Waals surface area contributed by atoms with E-state index in [2.05, 4.69) is 13.8 Å². The highest BCUT2D eigenvalue weighted by atomic mass is 35.5. The van der Waals surface area contributed by atoms with Crippen LogP contribution in [0.4, 0.5) is 0 Å². The Kier molecular flexibility index (Phi) is 4.40. The first kappa shape index (κ1) is 13.5. The molecule has 1 aromatic carbocycles. The number of rotatable bonds is 4. The van der Waals surface area contributed by atoms with Gasteiger partial charge in [-0.3, -0.25) is 4.79 Å². The molecule has 0 radical (unpaired) electrons. The van der Waals surface area contributed by atoms with Gasteiger partial charge in [0.25, 0.3) is 0 Å². The molecule has 0 aliphatic carbocycles. The van der Waals surface area contributed by atoms with Gasteiger partial charge in [-0.15, -0.1) is 0 Å². The van der Waals surface area contributed by atoms with E-state index in [1.807, 2.05) is 12.1 Å². The monoisotopic (exact) mass is 258 g/mol. The number of halogens is 2. The number of ketones is 1. The minimum absolute atomic E-state index is 0.257. The van der Waals surface area contributed by atoms with Gasteiger partial charge in [0.05, 0.1) is 0 Å². The second kappa shape index (κ2) is 5.20. The lowest BCUT2D eigenvalue weighted by molar-refractivity contribution is 0.0978. The van der Waals surface area contributed by atoms with E-state index in [1.54, 1.807) is 12.1 Å². The minimum atomic E-state index is -1.35. The van der Waals surface area contributed by atoms with E-state index >= 15 is 0 Å². The van der Waals surface area contributed by atoms with Crippen molar-refractivity contribution >= 4 is 29.0 Å². The normalized spacial score (nSPS) is 11.9. The van der Waals surface area contributed by atoms with E-state index in [0.717, 1.165) is 6.42 Å². The van der Waals surface area contributed by atoms with Crippen LogP contribution in [0.1, 0.15) is 36.7 Å². The molecule has 0 N–H and O–H groups in total. The summed E-state index contributed by atoms with van der Waals surface area (Å²) in [5.74, 6) is 0.347. The van der Waals surface area contributed by atoms with Gasteiger partial charge < -0.3 is 0 Å². The lowest BCUT2D eigenvalue weighted by atomic mass is 10.00. The average molecular weight is 259 g/mol. The van der Waals surface area contributed by atoms with Crippen molar-refractivity contribution in [1.29, 1.82) is 0 Å². The molecule has 0 saturated carbocycles. The smallest absolute Gasteiger partial charge is 0.198 e. The average Bonchev–Trinajstić information content (AvgIpc) is 2.15. The van der Waals surface area contributed by atoms with Gasteiger partial charge in [0.2, 0.25) is 0 Å². The highest BCUT2D eigenvalue weighted by Gasteiger charge is 2.28. The fourth-order valence-corrected chi connectivity index (χ4v) is 1.74. The molecule has 1 nitrogen and oxygen atoms in total. The van der Waals surface area contributed by atoms with Crippen molar-refractivity contribution in [1.82, 2.24) is 0 Å². The topological polar surface area (TPSA) is 17.1 Å². The Morgan fingerprint density at radius 3 is 2.12 bits per heavy atom. The van der Waals surface area contributed by atoms with E-state index in [9.17, 15) is 4.79 Å². The van der Waals surface area contributed by atoms with Gasteiger partial charge in [-0.1, -0.05) is 61.3 Å². The number of carbonyl (C=O) groups excluding carboxylic acids is 1. The molecule has 0 spiro atoms. The molecule has 0 atom stereocenters. The largest absolute Gasteiger partial charge is 0.291 e. The van der Waals surface area contributed by atoms with Gasteiger partial charge in [-0.25, -0.2) is 0 Å². The summed E-state index contributed by atoms with van der Waals surface area (Å²) in [5, 5.41) is 0. The fourth-order valence-electron chi connectivity index (χ4n) is 1.52. The molecule has 0 fully saturated rings. The van der Waals surface area contributed by atoms with Crippen molar-refractivity contribution in [2.75, 3.05) is 0 Å². The quantitative estimate of drug-likeness (QED) is 0.583. The summed E-state index contributed by atoms with van der Waals surface area (Å²) in [6, 6.07) is 7.46. The van der Waals surface area contributed by atoms with Crippen LogP contribution in [-0.4, -0.2) is 10.1 Å². The van der Waals surface area contributed by atoms with Crippen LogP contribution in [0.5, 0.6) is 0 Å². The molecule has 0 saturated heterocycles. The summed E-state index contributed by atoms with van der Waals surface area (Å²) < 4.78 is -1.35. The molecule has 0 aliphatic rings. The third-order valence-electron chi connectivity index (χ3n) is 2.26. The Morgan fingerprint density at radius 2 is 1.75 bits per heavy atom. The van der Waals surface area contributed by atoms with Gasteiger partial charge in [0.15, 0.2) is 10.1 Å². The standard InChI is InChI=1S/C13H16Cl2O/c1-9(2)8-10-4-6-11(7-5-10)12(16)13(3,14)15/h4-7,9H,8H2,1-3H3. The molecule has 1 aromatic rings. The number of carbonyl (C=O) groups is 1. The SMILES string of the molecule is CC(C)Cc1ccc(C(=O)C(C)(Cl)Cl)cc1. The zero-order valence-corrected chi connectivity index (χ0v) is 11.3. The zero-order valence-electron chi connectivity index (χ0n) is 9.76. The van der Waals surface area contributed by atoms with E-state index in [0.29, 0.717) is 11.5 Å². The third kappa shape index (κ3) is 3.80. The second-order valence-electron chi connectivity index (χ2n) is 4.51. The van der Waals surface area contributed by atoms with Crippen molar-refractivity contribution in [2.24, 2.45) is 5.92 Å². The molecule has 16 heavy (non-hydrogen) atoms. The van der Waals surface area contributed by atoms with Gasteiger partial charge in [-0.2, -0.15) is 0 Å². The highest BCUT2D eigenvalue weighted by molar-refractivity contribution is 6.59. The summed E-state index contributed by atoms with van der Waals surface area (Å²) in [5.41, 5.74) is 1.78. The summed E-state index contributed by atoms with van der Waals surface area (Å²) in [6.07, 6.45) is 1.01. The first-order chi connectivity index (χ1) is 7.30. The number of hydrogen-bond acceptors (Lipinski definition) is 1. The van der Waals surface area contributed by atoms with Crippen molar-refractivity contribution < 1.29 is 4.79 Å². The first-order valence-electron chi connectivity index (χ1n) is 5.32. The number of alkyl halides is 2. The van der Waals surface area contributed by atoms with Gasteiger partial charge >= 0.3 is 0 Å². The van der Waals surface area contributed by atoms with E-state index in [1.165, 1.54) is 12.5 Å². The van der Waals surface area contributed by atoms with Gasteiger partial charge in [-0.05, 0) is 24.8 Å². The molecule has 0 aliphatic heterocycles. The van der Waals surface area contributed by atoms with E-state index in [4.69, 9.17) is 23.2 Å². The summed E-state index contributed by atoms with van der Waals surface area (Å²) in [7, 11) is 0. The van der Waals surface area contributed by atoms with Crippen molar-refractivity contribution in [3.05, 3.63) is 35.4 Å². The van der Waals surface area contributed by atoms with Crippen LogP contribution in [0.15, 0.2) is 24.3 Å². The Bertz CT molecular complexity index is 361. The Hall–Kier alpha value is -0.530. The fraction of sp³-hybridized carbons (Fsp3) is 0.462. The molecular formula is C13H16Cl2O. The van der Waals surface area contributed by atoms with Crippen LogP contribution in [0.25, 0.3) is 0 Å². The molecule has 3 heteroatoms. The van der Waals surface area contributed by atoms with Crippen molar-refractivity contribution in [3.63, 3.8) is 0 Å². The van der Waals surface area contributed by atoms with Gasteiger partial charge in [0.1, 0.15) is 0 Å². The molecule has 0 heterocycles. The van der Waals surface area contributed by atoms with Crippen LogP contribution in [-0.2, 0) is 6.42 Å². The maximum Gasteiger partial charge on any atom is 0.198 e. The predicted molar refractivity (Wildman–Crippen MR) is 69.4 cm³/mol. The van der Waals surface area contributed by atoms with E-state index in [-0.39, 0.29) is 5.78 Å². The summed E-state index contributed by atoms with van der Waals surface area (Å²) in [6.45, 7) is 5.81. The molecule has 0 unspecified atom stereocenters. The molecule has 0 amide bonds. The lowest BCUT2D eigenvalue weighted by Crippen LogP contribution is -2.21. The minimum Gasteiger partial charge on any atom is -0.291 e. The molecule has 0 bridgehead atoms. The van der Waals surface area contributed by atoms with Crippen LogP contribution in [0.3, 0.4) is 0 Å². The van der Waals surface area contributed by atoms with Crippen LogP contribution in [0, 0.1) is 5.92 Å². The Labute approximate surface area is 107 Å². The van der Waals surface area contributed by atoms with Crippen molar-refractivity contribution in [3.8, 4) is 0 Å². The summed E-state index contributed by atoms with van der Waals surface area (Å²) in [4.78, 5) is 11.7. The Morgan fingerprint density at radius 1 is 1.25 bits per heavy atom.